The van der Waals surface area contributed by atoms with E-state index in [9.17, 15) is 4.79 Å². The number of benzene rings is 1. The van der Waals surface area contributed by atoms with Gasteiger partial charge in [-0.3, -0.25) is 4.79 Å². The third-order valence-electron chi connectivity index (χ3n) is 3.65. The highest BCUT2D eigenvalue weighted by Gasteiger charge is 2.16. The summed E-state index contributed by atoms with van der Waals surface area (Å²) < 4.78 is 2.11. The van der Waals surface area contributed by atoms with Crippen LogP contribution in [-0.2, 0) is 11.3 Å². The maximum Gasteiger partial charge on any atom is 0.224 e. The molecule has 0 bridgehead atoms. The maximum absolute atomic E-state index is 12.3. The molecule has 1 aromatic heterocycles. The molecule has 110 valence electrons. The molecule has 4 heteroatoms. The van der Waals surface area contributed by atoms with Gasteiger partial charge in [-0.25, -0.2) is 0 Å². The van der Waals surface area contributed by atoms with Gasteiger partial charge in [-0.05, 0) is 31.4 Å². The number of amides is 1. The van der Waals surface area contributed by atoms with Gasteiger partial charge in [0.15, 0.2) is 0 Å². The Hall–Kier alpha value is -2.28. The van der Waals surface area contributed by atoms with Crippen LogP contribution in [0.3, 0.4) is 0 Å². The number of carbonyl (C=O) groups is 1. The number of fused-ring (bicyclic) bond motifs is 1. The van der Waals surface area contributed by atoms with E-state index < -0.39 is 0 Å². The van der Waals surface area contributed by atoms with Gasteiger partial charge in [0.1, 0.15) is 0 Å². The topological polar surface area (TPSA) is 49.0 Å². The van der Waals surface area contributed by atoms with Crippen molar-refractivity contribution in [3.8, 4) is 6.07 Å². The van der Waals surface area contributed by atoms with E-state index in [0.29, 0.717) is 25.9 Å². The van der Waals surface area contributed by atoms with Crippen LogP contribution in [-0.4, -0.2) is 28.0 Å². The molecule has 0 atom stereocenters. The molecule has 0 unspecified atom stereocenters. The van der Waals surface area contributed by atoms with Crippen LogP contribution in [0, 0.1) is 11.3 Å². The van der Waals surface area contributed by atoms with E-state index >= 15 is 0 Å². The number of nitrogens with zero attached hydrogens (tertiary/aromatic N) is 3. The molecule has 2 rings (SSSR count). The minimum atomic E-state index is 0.109. The zero-order valence-electron chi connectivity index (χ0n) is 12.6. The van der Waals surface area contributed by atoms with E-state index in [0.717, 1.165) is 5.52 Å². The fourth-order valence-corrected chi connectivity index (χ4v) is 2.54. The lowest BCUT2D eigenvalue weighted by Gasteiger charge is -2.26. The first-order valence-corrected chi connectivity index (χ1v) is 7.33. The standard InChI is InChI=1S/C17H21N3O/c1-14(2)20(11-5-10-18)17(21)9-13-19-12-8-15-6-3-4-7-16(15)19/h3-4,6-8,12,14H,5,9,11,13H2,1-2H3. The van der Waals surface area contributed by atoms with Crippen LogP contribution in [0.25, 0.3) is 10.9 Å². The Morgan fingerprint density at radius 2 is 2.10 bits per heavy atom. The van der Waals surface area contributed by atoms with Gasteiger partial charge in [-0.15, -0.1) is 0 Å². The molecule has 0 aliphatic heterocycles. The number of rotatable bonds is 6. The van der Waals surface area contributed by atoms with Crippen molar-refractivity contribution in [2.75, 3.05) is 6.54 Å². The average Bonchev–Trinajstić information content (AvgIpc) is 2.88. The highest BCUT2D eigenvalue weighted by Crippen LogP contribution is 2.16. The van der Waals surface area contributed by atoms with Gasteiger partial charge in [0, 0.05) is 37.3 Å². The molecule has 0 saturated heterocycles. The quantitative estimate of drug-likeness (QED) is 0.817. The van der Waals surface area contributed by atoms with Crippen LogP contribution in [0.1, 0.15) is 26.7 Å². The molecule has 0 fully saturated rings. The fourth-order valence-electron chi connectivity index (χ4n) is 2.54. The Bertz CT molecular complexity index is 651. The Kier molecular flexibility index (Phi) is 4.99. The number of hydrogen-bond donors (Lipinski definition) is 0. The average molecular weight is 283 g/mol. The highest BCUT2D eigenvalue weighted by molar-refractivity contribution is 5.80. The molecular weight excluding hydrogens is 262 g/mol. The van der Waals surface area contributed by atoms with E-state index in [1.165, 1.54) is 5.39 Å². The molecule has 0 aliphatic rings. The van der Waals surface area contributed by atoms with Gasteiger partial charge >= 0.3 is 0 Å². The first kappa shape index (κ1) is 15.1. The summed E-state index contributed by atoms with van der Waals surface area (Å²) in [6, 6.07) is 12.5. The molecule has 0 N–H and O–H groups in total. The zero-order chi connectivity index (χ0) is 15.2. The first-order chi connectivity index (χ1) is 10.1. The van der Waals surface area contributed by atoms with Crippen LogP contribution < -0.4 is 0 Å². The lowest BCUT2D eigenvalue weighted by molar-refractivity contribution is -0.133. The smallest absolute Gasteiger partial charge is 0.224 e. The Morgan fingerprint density at radius 1 is 1.33 bits per heavy atom. The van der Waals surface area contributed by atoms with Crippen molar-refractivity contribution in [2.45, 2.75) is 39.3 Å². The van der Waals surface area contributed by atoms with E-state index in [1.807, 2.05) is 32.2 Å². The number of hydrogen-bond acceptors (Lipinski definition) is 2. The lowest BCUT2D eigenvalue weighted by atomic mass is 10.2. The van der Waals surface area contributed by atoms with Crippen molar-refractivity contribution in [1.82, 2.24) is 9.47 Å². The van der Waals surface area contributed by atoms with Crippen LogP contribution in [0.2, 0.25) is 0 Å². The van der Waals surface area contributed by atoms with E-state index in [-0.39, 0.29) is 11.9 Å². The molecule has 1 heterocycles. The van der Waals surface area contributed by atoms with Crippen LogP contribution >= 0.6 is 0 Å². The maximum atomic E-state index is 12.3. The van der Waals surface area contributed by atoms with Crippen LogP contribution in [0.4, 0.5) is 0 Å². The SMILES string of the molecule is CC(C)N(CCC#N)C(=O)CCn1ccc2ccccc21. The largest absolute Gasteiger partial charge is 0.347 e. The van der Waals surface area contributed by atoms with Crippen molar-refractivity contribution < 1.29 is 4.79 Å². The first-order valence-electron chi connectivity index (χ1n) is 7.33. The highest BCUT2D eigenvalue weighted by atomic mass is 16.2. The second-order valence-electron chi connectivity index (χ2n) is 5.41. The molecule has 21 heavy (non-hydrogen) atoms. The zero-order valence-corrected chi connectivity index (χ0v) is 12.6. The van der Waals surface area contributed by atoms with Gasteiger partial charge in [-0.1, -0.05) is 18.2 Å². The Morgan fingerprint density at radius 3 is 2.81 bits per heavy atom. The molecule has 1 amide bonds. The number of aromatic nitrogens is 1. The minimum Gasteiger partial charge on any atom is -0.347 e. The van der Waals surface area contributed by atoms with Crippen molar-refractivity contribution in [1.29, 1.82) is 5.26 Å². The second kappa shape index (κ2) is 6.94. The van der Waals surface area contributed by atoms with Gasteiger partial charge in [0.05, 0.1) is 12.5 Å². The van der Waals surface area contributed by atoms with Gasteiger partial charge < -0.3 is 9.47 Å². The summed E-state index contributed by atoms with van der Waals surface area (Å²) in [5, 5.41) is 9.88. The van der Waals surface area contributed by atoms with Crippen molar-refractivity contribution in [3.63, 3.8) is 0 Å². The molecule has 0 aliphatic carbocycles. The summed E-state index contributed by atoms with van der Waals surface area (Å²) in [7, 11) is 0. The Labute approximate surface area is 125 Å². The summed E-state index contributed by atoms with van der Waals surface area (Å²) in [6.07, 6.45) is 2.87. The summed E-state index contributed by atoms with van der Waals surface area (Å²) in [4.78, 5) is 14.1. The minimum absolute atomic E-state index is 0.109. The van der Waals surface area contributed by atoms with Crippen molar-refractivity contribution in [3.05, 3.63) is 36.5 Å². The summed E-state index contributed by atoms with van der Waals surface area (Å²) in [5.74, 6) is 0.109. The second-order valence-corrected chi connectivity index (χ2v) is 5.41. The number of para-hydroxylation sites is 1. The number of nitriles is 1. The predicted molar refractivity (Wildman–Crippen MR) is 83.6 cm³/mol. The van der Waals surface area contributed by atoms with Crippen LogP contribution in [0.15, 0.2) is 36.5 Å². The van der Waals surface area contributed by atoms with Gasteiger partial charge in [-0.2, -0.15) is 5.26 Å². The predicted octanol–water partition coefficient (Wildman–Crippen LogP) is 3.18. The van der Waals surface area contributed by atoms with E-state index in [4.69, 9.17) is 5.26 Å². The summed E-state index contributed by atoms with van der Waals surface area (Å²) in [5.41, 5.74) is 1.15. The number of aryl methyl sites for hydroxylation is 1. The monoisotopic (exact) mass is 283 g/mol. The van der Waals surface area contributed by atoms with E-state index in [2.05, 4.69) is 28.8 Å². The molecule has 4 nitrogen and oxygen atoms in total. The lowest BCUT2D eigenvalue weighted by Crippen LogP contribution is -2.38. The summed E-state index contributed by atoms with van der Waals surface area (Å²) >= 11 is 0. The third-order valence-corrected chi connectivity index (χ3v) is 3.65. The molecular formula is C17H21N3O. The van der Waals surface area contributed by atoms with E-state index in [1.54, 1.807) is 4.90 Å². The molecule has 1 aromatic carbocycles. The normalized spacial score (nSPS) is 10.8. The molecule has 0 saturated carbocycles. The molecule has 2 aromatic rings. The van der Waals surface area contributed by atoms with Gasteiger partial charge in [0.2, 0.25) is 5.91 Å². The van der Waals surface area contributed by atoms with Gasteiger partial charge in [0.25, 0.3) is 0 Å². The summed E-state index contributed by atoms with van der Waals surface area (Å²) in [6.45, 7) is 5.15. The fraction of sp³-hybridized carbons (Fsp3) is 0.412. The molecule has 0 spiro atoms. The number of carbonyl (C=O) groups excluding carboxylic acids is 1. The molecule has 0 radical (unpaired) electrons. The van der Waals surface area contributed by atoms with Crippen LogP contribution in [0.5, 0.6) is 0 Å². The Balaban J connectivity index is 2.01. The van der Waals surface area contributed by atoms with Crippen molar-refractivity contribution >= 4 is 16.8 Å². The third kappa shape index (κ3) is 3.63. The van der Waals surface area contributed by atoms with Crippen molar-refractivity contribution in [2.24, 2.45) is 0 Å².